The zero-order valence-corrected chi connectivity index (χ0v) is 11.4. The number of hydrogen-bond donors (Lipinski definition) is 1. The van der Waals surface area contributed by atoms with Crippen molar-refractivity contribution in [2.24, 2.45) is 0 Å². The fraction of sp³-hybridized carbons (Fsp3) is 0.0625. The van der Waals surface area contributed by atoms with E-state index in [1.54, 1.807) is 24.3 Å². The first-order chi connectivity index (χ1) is 10.2. The molecule has 0 spiro atoms. The molecule has 2 aromatic carbocycles. The fourth-order valence-corrected chi connectivity index (χ4v) is 1.91. The summed E-state index contributed by atoms with van der Waals surface area (Å²) in [6.45, 7) is 1.99. The summed E-state index contributed by atoms with van der Waals surface area (Å²) in [5.41, 5.74) is 2.62. The summed E-state index contributed by atoms with van der Waals surface area (Å²) in [6, 6.07) is 14.6. The van der Waals surface area contributed by atoms with Gasteiger partial charge in [-0.2, -0.15) is 0 Å². The molecule has 0 saturated heterocycles. The molecule has 0 saturated carbocycles. The van der Waals surface area contributed by atoms with Crippen LogP contribution in [0.4, 0.5) is 10.6 Å². The zero-order valence-electron chi connectivity index (χ0n) is 11.4. The van der Waals surface area contributed by atoms with Crippen molar-refractivity contribution < 1.29 is 9.53 Å². The van der Waals surface area contributed by atoms with Gasteiger partial charge in [-0.3, -0.25) is 10.3 Å². The Balaban J connectivity index is 1.75. The van der Waals surface area contributed by atoms with E-state index in [0.29, 0.717) is 11.6 Å². The van der Waals surface area contributed by atoms with E-state index in [-0.39, 0.29) is 0 Å². The summed E-state index contributed by atoms with van der Waals surface area (Å²) in [7, 11) is 0. The van der Waals surface area contributed by atoms with Crippen molar-refractivity contribution in [2.75, 3.05) is 5.32 Å². The zero-order chi connectivity index (χ0) is 14.7. The average Bonchev–Trinajstić information content (AvgIpc) is 2.48. The third-order valence-electron chi connectivity index (χ3n) is 2.88. The van der Waals surface area contributed by atoms with Gasteiger partial charge in [-0.15, -0.1) is 0 Å². The van der Waals surface area contributed by atoms with Gasteiger partial charge in [0.2, 0.25) is 0 Å². The maximum absolute atomic E-state index is 11.8. The minimum atomic E-state index is -0.595. The first-order valence-corrected chi connectivity index (χ1v) is 6.48. The second kappa shape index (κ2) is 5.58. The summed E-state index contributed by atoms with van der Waals surface area (Å²) in [5.74, 6) is 0.826. The molecule has 1 aromatic heterocycles. The highest BCUT2D eigenvalue weighted by molar-refractivity contribution is 5.86. The van der Waals surface area contributed by atoms with Crippen molar-refractivity contribution in [1.82, 2.24) is 9.97 Å². The highest BCUT2D eigenvalue weighted by Gasteiger charge is 2.07. The lowest BCUT2D eigenvalue weighted by atomic mass is 10.2. The Morgan fingerprint density at radius 3 is 2.71 bits per heavy atom. The summed E-state index contributed by atoms with van der Waals surface area (Å²) in [4.78, 5) is 20.4. The molecular formula is C16H13N3O2. The van der Waals surface area contributed by atoms with Crippen LogP contribution in [0.5, 0.6) is 5.75 Å². The molecule has 0 unspecified atom stereocenters. The summed E-state index contributed by atoms with van der Waals surface area (Å²) in [5, 5.41) is 2.56. The fourth-order valence-electron chi connectivity index (χ4n) is 1.91. The highest BCUT2D eigenvalue weighted by atomic mass is 16.6. The molecule has 0 aliphatic carbocycles. The van der Waals surface area contributed by atoms with Crippen LogP contribution in [0.1, 0.15) is 5.56 Å². The SMILES string of the molecule is Cc1ccc2nc(NC(=O)Oc3ccccc3)cnc2c1. The normalized spacial score (nSPS) is 10.3. The number of aryl methyl sites for hydroxylation is 1. The lowest BCUT2D eigenvalue weighted by Gasteiger charge is -2.06. The Morgan fingerprint density at radius 1 is 1.10 bits per heavy atom. The van der Waals surface area contributed by atoms with Crippen molar-refractivity contribution in [1.29, 1.82) is 0 Å². The van der Waals surface area contributed by atoms with Crippen molar-refractivity contribution in [3.8, 4) is 5.75 Å². The predicted octanol–water partition coefficient (Wildman–Crippen LogP) is 3.55. The third-order valence-corrected chi connectivity index (χ3v) is 2.88. The van der Waals surface area contributed by atoms with E-state index in [4.69, 9.17) is 4.74 Å². The van der Waals surface area contributed by atoms with Crippen LogP contribution >= 0.6 is 0 Å². The molecule has 0 bridgehead atoms. The van der Waals surface area contributed by atoms with Gasteiger partial charge < -0.3 is 4.74 Å². The number of rotatable bonds is 2. The van der Waals surface area contributed by atoms with E-state index >= 15 is 0 Å². The summed E-state index contributed by atoms with van der Waals surface area (Å²) < 4.78 is 5.13. The Hall–Kier alpha value is -2.95. The van der Waals surface area contributed by atoms with Gasteiger partial charge >= 0.3 is 6.09 Å². The second-order valence-electron chi connectivity index (χ2n) is 4.57. The molecular weight excluding hydrogens is 266 g/mol. The number of nitrogens with one attached hydrogen (secondary N) is 1. The van der Waals surface area contributed by atoms with E-state index in [9.17, 15) is 4.79 Å². The molecule has 0 fully saturated rings. The minimum absolute atomic E-state index is 0.354. The van der Waals surface area contributed by atoms with Crippen molar-refractivity contribution in [3.63, 3.8) is 0 Å². The van der Waals surface area contributed by atoms with E-state index in [0.717, 1.165) is 16.6 Å². The number of carbonyl (C=O) groups is 1. The van der Waals surface area contributed by atoms with Crippen LogP contribution in [0.2, 0.25) is 0 Å². The smallest absolute Gasteiger partial charge is 0.410 e. The van der Waals surface area contributed by atoms with Crippen molar-refractivity contribution in [2.45, 2.75) is 6.92 Å². The maximum Gasteiger partial charge on any atom is 0.418 e. The van der Waals surface area contributed by atoms with Gasteiger partial charge in [-0.05, 0) is 36.8 Å². The van der Waals surface area contributed by atoms with E-state index in [1.807, 2.05) is 31.2 Å². The van der Waals surface area contributed by atoms with Crippen LogP contribution in [-0.4, -0.2) is 16.1 Å². The average molecular weight is 279 g/mol. The molecule has 1 amide bonds. The third kappa shape index (κ3) is 3.14. The topological polar surface area (TPSA) is 64.1 Å². The van der Waals surface area contributed by atoms with E-state index in [2.05, 4.69) is 15.3 Å². The predicted molar refractivity (Wildman–Crippen MR) is 80.4 cm³/mol. The molecule has 104 valence electrons. The van der Waals surface area contributed by atoms with Crippen LogP contribution in [0.3, 0.4) is 0 Å². The molecule has 0 atom stereocenters. The van der Waals surface area contributed by atoms with Crippen LogP contribution < -0.4 is 10.1 Å². The number of aromatic nitrogens is 2. The molecule has 5 heteroatoms. The molecule has 21 heavy (non-hydrogen) atoms. The second-order valence-corrected chi connectivity index (χ2v) is 4.57. The molecule has 3 rings (SSSR count). The number of nitrogens with zero attached hydrogens (tertiary/aromatic N) is 2. The number of ether oxygens (including phenoxy) is 1. The number of anilines is 1. The van der Waals surface area contributed by atoms with Gasteiger partial charge in [0.05, 0.1) is 17.2 Å². The number of carbonyl (C=O) groups excluding carboxylic acids is 1. The monoisotopic (exact) mass is 279 g/mol. The van der Waals surface area contributed by atoms with Gasteiger partial charge in [0.1, 0.15) is 5.75 Å². The molecule has 0 radical (unpaired) electrons. The van der Waals surface area contributed by atoms with Gasteiger partial charge in [-0.1, -0.05) is 24.3 Å². The Morgan fingerprint density at radius 2 is 1.90 bits per heavy atom. The maximum atomic E-state index is 11.8. The van der Waals surface area contributed by atoms with E-state index < -0.39 is 6.09 Å². The van der Waals surface area contributed by atoms with Crippen molar-refractivity contribution >= 4 is 22.9 Å². The quantitative estimate of drug-likeness (QED) is 0.779. The number of benzene rings is 2. The Kier molecular flexibility index (Phi) is 3.47. The summed E-state index contributed by atoms with van der Waals surface area (Å²) >= 11 is 0. The Labute approximate surface area is 121 Å². The van der Waals surface area contributed by atoms with Crippen molar-refractivity contribution in [3.05, 3.63) is 60.3 Å². The molecule has 1 N–H and O–H groups in total. The van der Waals surface area contributed by atoms with Crippen LogP contribution in [0.25, 0.3) is 11.0 Å². The highest BCUT2D eigenvalue weighted by Crippen LogP contribution is 2.14. The van der Waals surface area contributed by atoms with Gasteiger partial charge in [0.15, 0.2) is 5.82 Å². The standard InChI is InChI=1S/C16H13N3O2/c1-11-7-8-13-14(9-11)17-10-15(18-13)19-16(20)21-12-5-3-2-4-6-12/h2-10H,1H3,(H,18,19,20). The number of para-hydroxylation sites is 1. The van der Waals surface area contributed by atoms with Gasteiger partial charge in [0, 0.05) is 0 Å². The van der Waals surface area contributed by atoms with Crippen LogP contribution in [0, 0.1) is 6.92 Å². The summed E-state index contributed by atoms with van der Waals surface area (Å²) in [6.07, 6.45) is 0.913. The number of hydrogen-bond acceptors (Lipinski definition) is 4. The molecule has 1 heterocycles. The lowest BCUT2D eigenvalue weighted by molar-refractivity contribution is 0.215. The number of amides is 1. The Bertz CT molecular complexity index is 788. The van der Waals surface area contributed by atoms with Gasteiger partial charge in [0.25, 0.3) is 0 Å². The van der Waals surface area contributed by atoms with E-state index in [1.165, 1.54) is 6.20 Å². The minimum Gasteiger partial charge on any atom is -0.410 e. The van der Waals surface area contributed by atoms with Crippen LogP contribution in [0.15, 0.2) is 54.7 Å². The lowest BCUT2D eigenvalue weighted by Crippen LogP contribution is -2.17. The molecule has 5 nitrogen and oxygen atoms in total. The largest absolute Gasteiger partial charge is 0.418 e. The van der Waals surface area contributed by atoms with Crippen LogP contribution in [-0.2, 0) is 0 Å². The molecule has 3 aromatic rings. The van der Waals surface area contributed by atoms with Gasteiger partial charge in [-0.25, -0.2) is 9.78 Å². The number of fused-ring (bicyclic) bond motifs is 1. The molecule has 0 aliphatic heterocycles. The molecule has 0 aliphatic rings. The first-order valence-electron chi connectivity index (χ1n) is 6.48. The first kappa shape index (κ1) is 13.1.